The van der Waals surface area contributed by atoms with Crippen LogP contribution in [0.15, 0.2) is 22.8 Å². The molecule has 92 valence electrons. The number of hydrogen-bond acceptors (Lipinski definition) is 3. The summed E-state index contributed by atoms with van der Waals surface area (Å²) < 4.78 is 3.03. The number of nitriles is 1. The van der Waals surface area contributed by atoms with E-state index in [4.69, 9.17) is 0 Å². The van der Waals surface area contributed by atoms with E-state index in [9.17, 15) is 5.26 Å². The second kappa shape index (κ2) is 4.71. The first-order chi connectivity index (χ1) is 8.79. The SMILES string of the molecule is N#Cc1nc(C2CCNCC2)n2ccc(Br)cc12. The quantitative estimate of drug-likeness (QED) is 0.880. The van der Waals surface area contributed by atoms with Gasteiger partial charge in [-0.1, -0.05) is 15.9 Å². The second-order valence-electron chi connectivity index (χ2n) is 4.55. The summed E-state index contributed by atoms with van der Waals surface area (Å²) in [5.41, 5.74) is 1.41. The van der Waals surface area contributed by atoms with Crippen LogP contribution in [0.3, 0.4) is 0 Å². The molecule has 1 aliphatic rings. The number of hydrogen-bond donors (Lipinski definition) is 1. The van der Waals surface area contributed by atoms with Gasteiger partial charge in [0, 0.05) is 16.6 Å². The highest BCUT2D eigenvalue weighted by Gasteiger charge is 2.21. The summed E-state index contributed by atoms with van der Waals surface area (Å²) in [6, 6.07) is 6.13. The molecule has 1 saturated heterocycles. The van der Waals surface area contributed by atoms with Gasteiger partial charge in [-0.25, -0.2) is 4.98 Å². The molecule has 1 fully saturated rings. The van der Waals surface area contributed by atoms with Crippen molar-refractivity contribution < 1.29 is 0 Å². The van der Waals surface area contributed by atoms with Crippen molar-refractivity contribution in [3.05, 3.63) is 34.3 Å². The van der Waals surface area contributed by atoms with Crippen LogP contribution in [-0.2, 0) is 0 Å². The first-order valence-corrected chi connectivity index (χ1v) is 6.87. The lowest BCUT2D eigenvalue weighted by Crippen LogP contribution is -2.27. The van der Waals surface area contributed by atoms with Gasteiger partial charge in [0.25, 0.3) is 0 Å². The van der Waals surface area contributed by atoms with Crippen LogP contribution in [-0.4, -0.2) is 22.5 Å². The zero-order valence-electron chi connectivity index (χ0n) is 9.86. The monoisotopic (exact) mass is 304 g/mol. The zero-order valence-corrected chi connectivity index (χ0v) is 11.4. The Kier molecular flexibility index (Phi) is 3.06. The summed E-state index contributed by atoms with van der Waals surface area (Å²) in [5.74, 6) is 1.47. The van der Waals surface area contributed by atoms with Crippen LogP contribution in [0.4, 0.5) is 0 Å². The van der Waals surface area contributed by atoms with Crippen molar-refractivity contribution >= 4 is 21.4 Å². The number of nitrogens with one attached hydrogen (secondary N) is 1. The van der Waals surface area contributed by atoms with Crippen LogP contribution in [0.25, 0.3) is 5.52 Å². The van der Waals surface area contributed by atoms with Crippen LogP contribution in [0.1, 0.15) is 30.3 Å². The minimum absolute atomic E-state index is 0.446. The Balaban J connectivity index is 2.14. The molecule has 0 atom stereocenters. The molecule has 0 amide bonds. The number of rotatable bonds is 1. The van der Waals surface area contributed by atoms with Crippen molar-refractivity contribution in [1.29, 1.82) is 5.26 Å². The molecule has 2 aromatic heterocycles. The Bertz CT molecular complexity index is 620. The molecule has 0 aromatic carbocycles. The molecule has 0 bridgehead atoms. The fourth-order valence-electron chi connectivity index (χ4n) is 2.53. The fourth-order valence-corrected chi connectivity index (χ4v) is 2.87. The summed E-state index contributed by atoms with van der Waals surface area (Å²) in [6.45, 7) is 2.05. The molecule has 3 heterocycles. The summed E-state index contributed by atoms with van der Waals surface area (Å²) in [7, 11) is 0. The smallest absolute Gasteiger partial charge is 0.166 e. The molecule has 0 spiro atoms. The number of aromatic nitrogens is 2. The van der Waals surface area contributed by atoms with E-state index < -0.39 is 0 Å². The first kappa shape index (κ1) is 11.7. The Morgan fingerprint density at radius 3 is 2.94 bits per heavy atom. The summed E-state index contributed by atoms with van der Waals surface area (Å²) in [5, 5.41) is 12.5. The van der Waals surface area contributed by atoms with E-state index in [1.165, 1.54) is 0 Å². The molecule has 1 N–H and O–H groups in total. The highest BCUT2D eigenvalue weighted by Crippen LogP contribution is 2.27. The number of nitrogens with zero attached hydrogens (tertiary/aromatic N) is 3. The van der Waals surface area contributed by atoms with Gasteiger partial charge in [0.15, 0.2) is 5.69 Å². The van der Waals surface area contributed by atoms with Gasteiger partial charge >= 0.3 is 0 Å². The van der Waals surface area contributed by atoms with E-state index in [2.05, 4.69) is 36.7 Å². The van der Waals surface area contributed by atoms with E-state index in [-0.39, 0.29) is 0 Å². The largest absolute Gasteiger partial charge is 0.317 e. The van der Waals surface area contributed by atoms with Gasteiger partial charge in [-0.2, -0.15) is 5.26 Å². The van der Waals surface area contributed by atoms with Gasteiger partial charge in [0.2, 0.25) is 0 Å². The van der Waals surface area contributed by atoms with Gasteiger partial charge in [0.05, 0.1) is 5.52 Å². The van der Waals surface area contributed by atoms with E-state index in [1.807, 2.05) is 18.3 Å². The van der Waals surface area contributed by atoms with Gasteiger partial charge in [-0.15, -0.1) is 0 Å². The van der Waals surface area contributed by atoms with Gasteiger partial charge in [-0.3, -0.25) is 0 Å². The van der Waals surface area contributed by atoms with E-state index >= 15 is 0 Å². The average molecular weight is 305 g/mol. The van der Waals surface area contributed by atoms with Crippen molar-refractivity contribution in [1.82, 2.24) is 14.7 Å². The molecule has 2 aromatic rings. The molecule has 5 heteroatoms. The van der Waals surface area contributed by atoms with Gasteiger partial charge in [-0.05, 0) is 38.1 Å². The minimum atomic E-state index is 0.446. The molecule has 0 unspecified atom stereocenters. The number of pyridine rings is 1. The molecule has 0 aliphatic carbocycles. The molecule has 1 aliphatic heterocycles. The molecular formula is C13H13BrN4. The Morgan fingerprint density at radius 2 is 2.22 bits per heavy atom. The van der Waals surface area contributed by atoms with Gasteiger partial charge < -0.3 is 9.72 Å². The van der Waals surface area contributed by atoms with Gasteiger partial charge in [0.1, 0.15) is 11.9 Å². The maximum atomic E-state index is 9.18. The topological polar surface area (TPSA) is 53.1 Å². The van der Waals surface area contributed by atoms with Crippen LogP contribution in [0.5, 0.6) is 0 Å². The third-order valence-electron chi connectivity index (χ3n) is 3.44. The standard InChI is InChI=1S/C13H13BrN4/c14-10-3-6-18-12(7-10)11(8-15)17-13(18)9-1-4-16-5-2-9/h3,6-7,9,16H,1-2,4-5H2. The van der Waals surface area contributed by atoms with Crippen molar-refractivity contribution in [3.8, 4) is 6.07 Å². The average Bonchev–Trinajstić information content (AvgIpc) is 2.77. The molecule has 0 saturated carbocycles. The summed E-state index contributed by atoms with van der Waals surface area (Å²) in [6.07, 6.45) is 4.16. The second-order valence-corrected chi connectivity index (χ2v) is 5.47. The van der Waals surface area contributed by atoms with E-state index in [1.54, 1.807) is 0 Å². The van der Waals surface area contributed by atoms with Crippen LogP contribution in [0, 0.1) is 11.3 Å². The fraction of sp³-hybridized carbons (Fsp3) is 0.385. The van der Waals surface area contributed by atoms with Crippen LogP contribution < -0.4 is 5.32 Å². The lowest BCUT2D eigenvalue weighted by atomic mass is 9.97. The third kappa shape index (κ3) is 1.92. The highest BCUT2D eigenvalue weighted by molar-refractivity contribution is 9.10. The molecular weight excluding hydrogens is 292 g/mol. The Morgan fingerprint density at radius 1 is 1.44 bits per heavy atom. The number of piperidine rings is 1. The van der Waals surface area contributed by atoms with Crippen molar-refractivity contribution in [2.45, 2.75) is 18.8 Å². The van der Waals surface area contributed by atoms with Crippen molar-refractivity contribution in [3.63, 3.8) is 0 Å². The third-order valence-corrected chi connectivity index (χ3v) is 3.94. The predicted octanol–water partition coefficient (Wildman–Crippen LogP) is 2.44. The molecule has 3 rings (SSSR count). The number of imidazole rings is 1. The van der Waals surface area contributed by atoms with Crippen LogP contribution in [0.2, 0.25) is 0 Å². The summed E-state index contributed by atoms with van der Waals surface area (Å²) in [4.78, 5) is 4.53. The highest BCUT2D eigenvalue weighted by atomic mass is 79.9. The Labute approximate surface area is 114 Å². The van der Waals surface area contributed by atoms with Crippen molar-refractivity contribution in [2.75, 3.05) is 13.1 Å². The first-order valence-electron chi connectivity index (χ1n) is 6.08. The van der Waals surface area contributed by atoms with Crippen molar-refractivity contribution in [2.24, 2.45) is 0 Å². The number of halogens is 1. The molecule has 0 radical (unpaired) electrons. The van der Waals surface area contributed by atoms with E-state index in [0.29, 0.717) is 11.6 Å². The maximum Gasteiger partial charge on any atom is 0.166 e. The zero-order chi connectivity index (χ0) is 12.5. The lowest BCUT2D eigenvalue weighted by Gasteiger charge is -2.21. The summed E-state index contributed by atoms with van der Waals surface area (Å²) >= 11 is 3.44. The molecule has 4 nitrogen and oxygen atoms in total. The Hall–Kier alpha value is -1.38. The predicted molar refractivity (Wildman–Crippen MR) is 72.5 cm³/mol. The minimum Gasteiger partial charge on any atom is -0.317 e. The molecule has 18 heavy (non-hydrogen) atoms. The van der Waals surface area contributed by atoms with E-state index in [0.717, 1.165) is 41.7 Å². The number of fused-ring (bicyclic) bond motifs is 1. The normalized spacial score (nSPS) is 16.9. The van der Waals surface area contributed by atoms with Crippen LogP contribution >= 0.6 is 15.9 Å². The lowest BCUT2D eigenvalue weighted by molar-refractivity contribution is 0.444. The maximum absolute atomic E-state index is 9.18.